The molecule has 21 heavy (non-hydrogen) atoms. The van der Waals surface area contributed by atoms with Gasteiger partial charge in [-0.2, -0.15) is 0 Å². The van der Waals surface area contributed by atoms with E-state index in [0.29, 0.717) is 25.3 Å². The number of hydrogen-bond donors (Lipinski definition) is 2. The van der Waals surface area contributed by atoms with Crippen molar-refractivity contribution in [1.82, 2.24) is 4.90 Å². The fraction of sp³-hybridized carbons (Fsp3) is 0.467. The first-order valence-corrected chi connectivity index (χ1v) is 7.66. The second kappa shape index (κ2) is 6.05. The summed E-state index contributed by atoms with van der Waals surface area (Å²) < 4.78 is 1.00. The van der Waals surface area contributed by atoms with Crippen LogP contribution in [0, 0.1) is 11.3 Å². The molecule has 0 aromatic heterocycles. The zero-order valence-electron chi connectivity index (χ0n) is 12.2. The molecule has 0 unspecified atom stereocenters. The van der Waals surface area contributed by atoms with Gasteiger partial charge in [0.1, 0.15) is 5.41 Å². The molecule has 1 fully saturated rings. The van der Waals surface area contributed by atoms with Gasteiger partial charge in [-0.25, -0.2) is 0 Å². The second-order valence-electron chi connectivity index (χ2n) is 5.87. The van der Waals surface area contributed by atoms with E-state index in [4.69, 9.17) is 10.9 Å². The van der Waals surface area contributed by atoms with Crippen molar-refractivity contribution >= 4 is 27.7 Å². The van der Waals surface area contributed by atoms with E-state index in [2.05, 4.69) is 28.0 Å². The van der Waals surface area contributed by atoms with Gasteiger partial charge in [-0.15, -0.1) is 0 Å². The van der Waals surface area contributed by atoms with Gasteiger partial charge in [0.2, 0.25) is 5.91 Å². The van der Waals surface area contributed by atoms with E-state index in [0.717, 1.165) is 10.0 Å². The Hall–Kier alpha value is -1.56. The maximum Gasteiger partial charge on any atom is 0.236 e. The molecular weight excluding hydrogens is 334 g/mol. The van der Waals surface area contributed by atoms with Crippen LogP contribution in [-0.4, -0.2) is 28.9 Å². The van der Waals surface area contributed by atoms with Crippen LogP contribution in [0.3, 0.4) is 0 Å². The lowest BCUT2D eigenvalue weighted by molar-refractivity contribution is -0.143. The van der Waals surface area contributed by atoms with Crippen molar-refractivity contribution in [3.63, 3.8) is 0 Å². The van der Waals surface area contributed by atoms with Gasteiger partial charge in [-0.1, -0.05) is 40.1 Å². The number of oxime groups is 1. The van der Waals surface area contributed by atoms with E-state index in [9.17, 15) is 4.79 Å². The summed E-state index contributed by atoms with van der Waals surface area (Å²) in [7, 11) is 1.75. The molecule has 0 heterocycles. The highest BCUT2D eigenvalue weighted by atomic mass is 79.9. The number of benzene rings is 1. The monoisotopic (exact) mass is 353 g/mol. The van der Waals surface area contributed by atoms with Crippen LogP contribution < -0.4 is 5.73 Å². The minimum Gasteiger partial charge on any atom is -0.409 e. The van der Waals surface area contributed by atoms with Crippen molar-refractivity contribution in [2.45, 2.75) is 26.3 Å². The molecule has 0 bridgehead atoms. The molecule has 1 amide bonds. The van der Waals surface area contributed by atoms with E-state index < -0.39 is 5.41 Å². The normalized spacial score (nSPS) is 25.3. The van der Waals surface area contributed by atoms with E-state index in [1.54, 1.807) is 11.9 Å². The second-order valence-corrected chi connectivity index (χ2v) is 6.78. The summed E-state index contributed by atoms with van der Waals surface area (Å²) in [5.74, 6) is 0.349. The number of amidine groups is 1. The average molecular weight is 354 g/mol. The molecule has 3 N–H and O–H groups in total. The van der Waals surface area contributed by atoms with Crippen molar-refractivity contribution in [3.05, 3.63) is 34.3 Å². The molecule has 1 aliphatic rings. The van der Waals surface area contributed by atoms with Crippen LogP contribution in [0.4, 0.5) is 0 Å². The summed E-state index contributed by atoms with van der Waals surface area (Å²) >= 11 is 3.39. The first-order valence-electron chi connectivity index (χ1n) is 6.87. The Kier molecular flexibility index (Phi) is 4.56. The number of carbonyl (C=O) groups excluding carboxylic acids is 1. The van der Waals surface area contributed by atoms with Crippen LogP contribution in [0.25, 0.3) is 0 Å². The fourth-order valence-electron chi connectivity index (χ4n) is 3.02. The van der Waals surface area contributed by atoms with Gasteiger partial charge >= 0.3 is 0 Å². The highest BCUT2D eigenvalue weighted by Crippen LogP contribution is 2.47. The lowest BCUT2D eigenvalue weighted by atomic mass is 9.61. The Morgan fingerprint density at radius 3 is 2.52 bits per heavy atom. The standard InChI is InChI=1S/C15H20BrN3O2/c1-10-7-15(8-10,13(17)18-21)14(20)19(2)9-11-3-5-12(16)6-4-11/h3-6,10,21H,7-9H2,1-2H3,(H2,17,18). The Balaban J connectivity index is 2.12. The quantitative estimate of drug-likeness (QED) is 0.378. The Morgan fingerprint density at radius 2 is 2.05 bits per heavy atom. The molecule has 5 nitrogen and oxygen atoms in total. The summed E-state index contributed by atoms with van der Waals surface area (Å²) in [4.78, 5) is 14.4. The molecule has 6 heteroatoms. The average Bonchev–Trinajstić information content (AvgIpc) is 2.44. The van der Waals surface area contributed by atoms with Crippen LogP contribution in [0.2, 0.25) is 0 Å². The zero-order valence-corrected chi connectivity index (χ0v) is 13.8. The maximum atomic E-state index is 12.7. The topological polar surface area (TPSA) is 78.9 Å². The molecule has 1 aliphatic carbocycles. The lowest BCUT2D eigenvalue weighted by Crippen LogP contribution is -2.56. The van der Waals surface area contributed by atoms with Crippen molar-refractivity contribution in [1.29, 1.82) is 0 Å². The molecule has 0 radical (unpaired) electrons. The number of carbonyl (C=O) groups is 1. The molecule has 1 saturated carbocycles. The number of hydrogen-bond acceptors (Lipinski definition) is 3. The van der Waals surface area contributed by atoms with Gasteiger partial charge in [-0.05, 0) is 36.5 Å². The Labute approximate surface area is 132 Å². The predicted molar refractivity (Wildman–Crippen MR) is 84.9 cm³/mol. The predicted octanol–water partition coefficient (Wildman–Crippen LogP) is 2.57. The Morgan fingerprint density at radius 1 is 1.48 bits per heavy atom. The van der Waals surface area contributed by atoms with Gasteiger partial charge in [0.25, 0.3) is 0 Å². The largest absolute Gasteiger partial charge is 0.409 e. The molecule has 0 atom stereocenters. The van der Waals surface area contributed by atoms with Gasteiger partial charge < -0.3 is 15.8 Å². The van der Waals surface area contributed by atoms with E-state index in [1.807, 2.05) is 24.3 Å². The number of halogens is 1. The van der Waals surface area contributed by atoms with Gasteiger partial charge in [-0.3, -0.25) is 4.79 Å². The van der Waals surface area contributed by atoms with Crippen molar-refractivity contribution < 1.29 is 10.0 Å². The van der Waals surface area contributed by atoms with Crippen LogP contribution in [0.15, 0.2) is 33.9 Å². The number of amides is 1. The summed E-state index contributed by atoms with van der Waals surface area (Å²) in [6.45, 7) is 2.56. The molecular formula is C15H20BrN3O2. The molecule has 0 saturated heterocycles. The van der Waals surface area contributed by atoms with E-state index in [1.165, 1.54) is 0 Å². The van der Waals surface area contributed by atoms with Crippen LogP contribution in [-0.2, 0) is 11.3 Å². The van der Waals surface area contributed by atoms with Crippen molar-refractivity contribution in [2.24, 2.45) is 22.2 Å². The molecule has 2 rings (SSSR count). The van der Waals surface area contributed by atoms with E-state index >= 15 is 0 Å². The Bertz CT molecular complexity index is 551. The summed E-state index contributed by atoms with van der Waals surface area (Å²) in [5, 5.41) is 12.0. The zero-order chi connectivity index (χ0) is 15.6. The van der Waals surface area contributed by atoms with Crippen molar-refractivity contribution in [2.75, 3.05) is 7.05 Å². The van der Waals surface area contributed by atoms with Gasteiger partial charge in [0, 0.05) is 18.1 Å². The van der Waals surface area contributed by atoms with Gasteiger partial charge in [0.05, 0.1) is 0 Å². The van der Waals surface area contributed by atoms with Crippen molar-refractivity contribution in [3.8, 4) is 0 Å². The molecule has 0 spiro atoms. The molecule has 1 aromatic rings. The number of rotatable bonds is 4. The fourth-order valence-corrected chi connectivity index (χ4v) is 3.28. The van der Waals surface area contributed by atoms with Crippen LogP contribution in [0.5, 0.6) is 0 Å². The SMILES string of the molecule is CC1CC(C(=O)N(C)Cc2ccc(Br)cc2)(/C(N)=N/O)C1. The first kappa shape index (κ1) is 15.8. The smallest absolute Gasteiger partial charge is 0.236 e. The minimum atomic E-state index is -0.835. The first-order chi connectivity index (χ1) is 9.89. The van der Waals surface area contributed by atoms with Crippen LogP contribution in [0.1, 0.15) is 25.3 Å². The minimum absolute atomic E-state index is 0.0215. The third-order valence-corrected chi connectivity index (χ3v) is 4.61. The summed E-state index contributed by atoms with van der Waals surface area (Å²) in [5.41, 5.74) is 5.98. The lowest BCUT2D eigenvalue weighted by Gasteiger charge is -2.45. The third kappa shape index (κ3) is 3.05. The van der Waals surface area contributed by atoms with E-state index in [-0.39, 0.29) is 11.7 Å². The third-order valence-electron chi connectivity index (χ3n) is 4.08. The highest BCUT2D eigenvalue weighted by Gasteiger charge is 2.53. The van der Waals surface area contributed by atoms with Gasteiger partial charge in [0.15, 0.2) is 5.84 Å². The number of nitrogens with two attached hydrogens (primary N) is 1. The molecule has 114 valence electrons. The summed E-state index contributed by atoms with van der Waals surface area (Å²) in [6.07, 6.45) is 1.26. The molecule has 0 aliphatic heterocycles. The number of nitrogens with zero attached hydrogens (tertiary/aromatic N) is 2. The highest BCUT2D eigenvalue weighted by molar-refractivity contribution is 9.10. The summed E-state index contributed by atoms with van der Waals surface area (Å²) in [6, 6.07) is 7.82. The molecule has 1 aromatic carbocycles. The van der Waals surface area contributed by atoms with Crippen LogP contribution >= 0.6 is 15.9 Å². The maximum absolute atomic E-state index is 12.7.